The molecule has 0 aliphatic heterocycles. The molecule has 0 atom stereocenters. The van der Waals surface area contributed by atoms with Crippen LogP contribution in [0, 0.1) is 0 Å². The number of carboxylic acid groups (broad SMARTS) is 1. The molecule has 0 saturated carbocycles. The first kappa shape index (κ1) is 15.5. The van der Waals surface area contributed by atoms with Crippen LogP contribution in [0.1, 0.15) is 5.76 Å². The van der Waals surface area contributed by atoms with Gasteiger partial charge in [0.1, 0.15) is 5.76 Å². The predicted molar refractivity (Wildman–Crippen MR) is 56.8 cm³/mol. The van der Waals surface area contributed by atoms with Crippen molar-refractivity contribution in [3.63, 3.8) is 0 Å². The molecule has 1 aromatic rings. The normalized spacial score (nSPS) is 7.64. The Balaban J connectivity index is 0. The second kappa shape index (κ2) is 14.5. The monoisotopic (exact) mass is 221 g/mol. The van der Waals surface area contributed by atoms with E-state index in [1.165, 1.54) is 0 Å². The van der Waals surface area contributed by atoms with Crippen molar-refractivity contribution in [3.05, 3.63) is 24.2 Å². The Labute approximate surface area is 88.9 Å². The van der Waals surface area contributed by atoms with Crippen LogP contribution in [0.15, 0.2) is 22.8 Å². The first-order valence-electron chi connectivity index (χ1n) is 4.01. The van der Waals surface area contributed by atoms with Gasteiger partial charge in [0, 0.05) is 12.3 Å². The van der Waals surface area contributed by atoms with Gasteiger partial charge >= 0.3 is 0 Å². The average Bonchev–Trinajstić information content (AvgIpc) is 2.60. The van der Waals surface area contributed by atoms with E-state index in [-0.39, 0.29) is 6.47 Å². The Morgan fingerprint density at radius 1 is 1.64 bits per heavy atom. The van der Waals surface area contributed by atoms with Crippen LogP contribution in [0.3, 0.4) is 0 Å². The number of rotatable bonds is 2. The molecule has 82 valence electrons. The number of nitrogens with one attached hydrogen (secondary N) is 1. The topological polar surface area (TPSA) is 62.5 Å². The maximum absolute atomic E-state index is 8.36. The smallest absolute Gasteiger partial charge is 0.290 e. The third kappa shape index (κ3) is 13.6. The fraction of sp³-hybridized carbons (Fsp3) is 0.444. The van der Waals surface area contributed by atoms with E-state index >= 15 is 0 Å². The summed E-state index contributed by atoms with van der Waals surface area (Å²) in [6.45, 7) is -0.250. The molecule has 0 unspecified atom stereocenters. The zero-order chi connectivity index (χ0) is 11.2. The summed E-state index contributed by atoms with van der Waals surface area (Å²) < 4.78 is 4.99. The Bertz CT molecular complexity index is 190. The summed E-state index contributed by atoms with van der Waals surface area (Å²) in [6, 6.07) is 3.78. The highest BCUT2D eigenvalue weighted by atomic mass is 35.5. The summed E-state index contributed by atoms with van der Waals surface area (Å²) >= 11 is 5.43. The molecule has 0 radical (unpaired) electrons. The molecule has 1 rings (SSSR count). The standard InChI is InChI=1S/C6H7ClO.C2H7N.CH2O2/c7-4-3-6-2-1-5-8-6;1-3-2;2-1-3/h1-2,5H,3-4H2;3H,1-2H3;1H,(H,2,3). The molecular weight excluding hydrogens is 206 g/mol. The highest BCUT2D eigenvalue weighted by Crippen LogP contribution is 2.00. The van der Waals surface area contributed by atoms with Gasteiger partial charge in [-0.2, -0.15) is 0 Å². The number of aryl methyl sites for hydroxylation is 1. The van der Waals surface area contributed by atoms with Gasteiger partial charge < -0.3 is 14.8 Å². The van der Waals surface area contributed by atoms with E-state index in [2.05, 4.69) is 5.32 Å². The number of furan rings is 1. The maximum atomic E-state index is 8.36. The molecule has 0 spiro atoms. The van der Waals surface area contributed by atoms with E-state index in [9.17, 15) is 0 Å². The van der Waals surface area contributed by atoms with Gasteiger partial charge in [-0.25, -0.2) is 0 Å². The minimum absolute atomic E-state index is 0.250. The Morgan fingerprint density at radius 3 is 2.43 bits per heavy atom. The van der Waals surface area contributed by atoms with Gasteiger partial charge in [-0.15, -0.1) is 11.6 Å². The Hall–Kier alpha value is -1.00. The molecule has 1 heterocycles. The Morgan fingerprint density at radius 2 is 2.14 bits per heavy atom. The second-order valence-electron chi connectivity index (χ2n) is 2.12. The van der Waals surface area contributed by atoms with Crippen molar-refractivity contribution in [2.24, 2.45) is 0 Å². The number of alkyl halides is 1. The van der Waals surface area contributed by atoms with Crippen LogP contribution in [0.4, 0.5) is 0 Å². The van der Waals surface area contributed by atoms with Gasteiger partial charge in [0.2, 0.25) is 0 Å². The average molecular weight is 222 g/mol. The molecule has 1 aromatic heterocycles. The highest BCUT2D eigenvalue weighted by molar-refractivity contribution is 6.17. The fourth-order valence-electron chi connectivity index (χ4n) is 0.548. The van der Waals surface area contributed by atoms with Crippen molar-refractivity contribution in [2.75, 3.05) is 20.0 Å². The first-order valence-corrected chi connectivity index (χ1v) is 4.54. The fourth-order valence-corrected chi connectivity index (χ4v) is 0.734. The zero-order valence-electron chi connectivity index (χ0n) is 8.37. The summed E-state index contributed by atoms with van der Waals surface area (Å²) in [5.41, 5.74) is 0. The van der Waals surface area contributed by atoms with Gasteiger partial charge in [0.15, 0.2) is 0 Å². The summed E-state index contributed by atoms with van der Waals surface area (Å²) in [6.07, 6.45) is 2.48. The van der Waals surface area contributed by atoms with Crippen molar-refractivity contribution in [1.29, 1.82) is 0 Å². The van der Waals surface area contributed by atoms with Gasteiger partial charge in [-0.05, 0) is 26.2 Å². The second-order valence-corrected chi connectivity index (χ2v) is 2.50. The van der Waals surface area contributed by atoms with E-state index in [0.717, 1.165) is 12.2 Å². The Kier molecular flexibility index (Phi) is 16.0. The summed E-state index contributed by atoms with van der Waals surface area (Å²) in [5, 5.41) is 9.64. The molecule has 0 aromatic carbocycles. The summed E-state index contributed by atoms with van der Waals surface area (Å²) in [5.74, 6) is 1.59. The lowest BCUT2D eigenvalue weighted by Gasteiger charge is -1.84. The molecule has 0 aliphatic rings. The van der Waals surface area contributed by atoms with Crippen LogP contribution < -0.4 is 5.32 Å². The minimum Gasteiger partial charge on any atom is -0.483 e. The number of hydrogen-bond acceptors (Lipinski definition) is 3. The molecule has 0 amide bonds. The van der Waals surface area contributed by atoms with Crippen LogP contribution in [0.25, 0.3) is 0 Å². The molecule has 0 bridgehead atoms. The SMILES string of the molecule is CNC.ClCCc1ccco1.O=CO. The third-order valence-corrected chi connectivity index (χ3v) is 1.11. The number of hydrogen-bond donors (Lipinski definition) is 2. The third-order valence-electron chi connectivity index (χ3n) is 0.921. The van der Waals surface area contributed by atoms with Crippen LogP contribution in [-0.4, -0.2) is 31.6 Å². The van der Waals surface area contributed by atoms with Crippen molar-refractivity contribution in [1.82, 2.24) is 5.32 Å². The van der Waals surface area contributed by atoms with Crippen molar-refractivity contribution < 1.29 is 14.3 Å². The number of carbonyl (C=O) groups is 1. The van der Waals surface area contributed by atoms with E-state index in [1.54, 1.807) is 6.26 Å². The largest absolute Gasteiger partial charge is 0.483 e. The lowest BCUT2D eigenvalue weighted by molar-refractivity contribution is -0.122. The summed E-state index contributed by atoms with van der Waals surface area (Å²) in [7, 11) is 3.75. The number of halogens is 1. The minimum atomic E-state index is -0.250. The first-order chi connectivity index (χ1) is 6.76. The van der Waals surface area contributed by atoms with Crippen LogP contribution >= 0.6 is 11.6 Å². The molecule has 4 nitrogen and oxygen atoms in total. The van der Waals surface area contributed by atoms with Gasteiger partial charge in [0.25, 0.3) is 6.47 Å². The molecule has 14 heavy (non-hydrogen) atoms. The lowest BCUT2D eigenvalue weighted by Crippen LogP contribution is -1.89. The molecule has 5 heteroatoms. The van der Waals surface area contributed by atoms with E-state index in [4.69, 9.17) is 25.9 Å². The molecular formula is C9H16ClNO3. The van der Waals surface area contributed by atoms with Crippen molar-refractivity contribution in [3.8, 4) is 0 Å². The van der Waals surface area contributed by atoms with E-state index in [1.807, 2.05) is 26.2 Å². The molecule has 0 fully saturated rings. The quantitative estimate of drug-likeness (QED) is 0.588. The summed E-state index contributed by atoms with van der Waals surface area (Å²) in [4.78, 5) is 8.36. The van der Waals surface area contributed by atoms with Crippen LogP contribution in [-0.2, 0) is 11.2 Å². The highest BCUT2D eigenvalue weighted by Gasteiger charge is 1.89. The predicted octanol–water partition coefficient (Wildman–Crippen LogP) is 1.60. The van der Waals surface area contributed by atoms with Crippen LogP contribution in [0.5, 0.6) is 0 Å². The van der Waals surface area contributed by atoms with E-state index in [0.29, 0.717) is 5.88 Å². The van der Waals surface area contributed by atoms with E-state index < -0.39 is 0 Å². The maximum Gasteiger partial charge on any atom is 0.290 e. The molecule has 0 saturated heterocycles. The molecule has 0 aliphatic carbocycles. The molecule has 2 N–H and O–H groups in total. The lowest BCUT2D eigenvalue weighted by atomic mass is 10.4. The van der Waals surface area contributed by atoms with Crippen molar-refractivity contribution >= 4 is 18.1 Å². The zero-order valence-corrected chi connectivity index (χ0v) is 9.12. The van der Waals surface area contributed by atoms with Gasteiger partial charge in [0.05, 0.1) is 6.26 Å². The van der Waals surface area contributed by atoms with Gasteiger partial charge in [-0.3, -0.25) is 4.79 Å². The van der Waals surface area contributed by atoms with Crippen LogP contribution in [0.2, 0.25) is 0 Å². The van der Waals surface area contributed by atoms with Gasteiger partial charge in [-0.1, -0.05) is 0 Å². The van der Waals surface area contributed by atoms with Crippen molar-refractivity contribution in [2.45, 2.75) is 6.42 Å².